The molecular formula is C17H34N3O5P. The number of amides is 1. The third-order valence-electron chi connectivity index (χ3n) is 4.74. The Labute approximate surface area is 156 Å². The van der Waals surface area contributed by atoms with Crippen LogP contribution in [0, 0.1) is 0 Å². The highest BCUT2D eigenvalue weighted by Gasteiger charge is 2.38. The minimum Gasteiger partial charge on any atom is -0.480 e. The van der Waals surface area contributed by atoms with E-state index in [9.17, 15) is 24.2 Å². The van der Waals surface area contributed by atoms with Crippen molar-refractivity contribution in [3.8, 4) is 0 Å². The highest BCUT2D eigenvalue weighted by atomic mass is 31.2. The standard InChI is InChI=1S/C17H34N3O5P/c1-2-3-4-7-13-26(24,25)19-14(9-5-6-11-18)16(21)20-12-8-10-15(20)17(22)23/h14-15H,2-13,18H2,1H3,(H,22,23)(H2,19,24,25)/t14-,15-/m0/s1. The van der Waals surface area contributed by atoms with Crippen LogP contribution in [0.2, 0.25) is 0 Å². The fraction of sp³-hybridized carbons (Fsp3) is 0.882. The van der Waals surface area contributed by atoms with Gasteiger partial charge in [-0.05, 0) is 38.6 Å². The lowest BCUT2D eigenvalue weighted by atomic mass is 10.1. The van der Waals surface area contributed by atoms with Gasteiger partial charge in [-0.15, -0.1) is 0 Å². The first-order valence-corrected chi connectivity index (χ1v) is 11.5. The summed E-state index contributed by atoms with van der Waals surface area (Å²) in [6.45, 7) is 2.92. The minimum atomic E-state index is -3.65. The van der Waals surface area contributed by atoms with Gasteiger partial charge in [0.25, 0.3) is 7.52 Å². The Morgan fingerprint density at radius 1 is 1.27 bits per heavy atom. The molecule has 0 aliphatic carbocycles. The molecule has 0 radical (unpaired) electrons. The van der Waals surface area contributed by atoms with Crippen LogP contribution in [0.1, 0.15) is 64.7 Å². The molecule has 1 heterocycles. The molecule has 8 nitrogen and oxygen atoms in total. The van der Waals surface area contributed by atoms with E-state index in [1.165, 1.54) is 4.90 Å². The van der Waals surface area contributed by atoms with E-state index in [4.69, 9.17) is 5.73 Å². The number of carbonyl (C=O) groups excluding carboxylic acids is 1. The molecule has 0 aromatic carbocycles. The summed E-state index contributed by atoms with van der Waals surface area (Å²) in [6, 6.07) is -1.69. The number of hydrogen-bond donors (Lipinski definition) is 4. The molecule has 0 bridgehead atoms. The number of carbonyl (C=O) groups is 2. The molecule has 0 aromatic heterocycles. The fourth-order valence-electron chi connectivity index (χ4n) is 3.28. The van der Waals surface area contributed by atoms with Gasteiger partial charge in [0.1, 0.15) is 6.04 Å². The second kappa shape index (κ2) is 11.7. The zero-order chi connectivity index (χ0) is 19.6. The van der Waals surface area contributed by atoms with Crippen molar-refractivity contribution in [1.82, 2.24) is 9.99 Å². The molecule has 1 rings (SSSR count). The molecule has 1 fully saturated rings. The highest BCUT2D eigenvalue weighted by Crippen LogP contribution is 2.38. The molecule has 0 aromatic rings. The third-order valence-corrected chi connectivity index (χ3v) is 6.38. The maximum Gasteiger partial charge on any atom is 0.326 e. The average molecular weight is 391 g/mol. The highest BCUT2D eigenvalue weighted by molar-refractivity contribution is 7.55. The van der Waals surface area contributed by atoms with Gasteiger partial charge in [0.05, 0.1) is 6.04 Å². The number of carboxylic acid groups (broad SMARTS) is 1. The van der Waals surface area contributed by atoms with Gasteiger partial charge < -0.3 is 20.6 Å². The summed E-state index contributed by atoms with van der Waals surface area (Å²) in [6.07, 6.45) is 6.44. The van der Waals surface area contributed by atoms with E-state index in [-0.39, 0.29) is 6.16 Å². The first-order chi connectivity index (χ1) is 12.3. The molecule has 1 aliphatic heterocycles. The smallest absolute Gasteiger partial charge is 0.326 e. The van der Waals surface area contributed by atoms with Crippen LogP contribution in [-0.2, 0) is 14.2 Å². The topological polar surface area (TPSA) is 133 Å². The van der Waals surface area contributed by atoms with Crippen LogP contribution < -0.4 is 10.8 Å². The van der Waals surface area contributed by atoms with Gasteiger partial charge in [0.2, 0.25) is 5.91 Å². The van der Waals surface area contributed by atoms with Crippen molar-refractivity contribution in [2.45, 2.75) is 76.8 Å². The second-order valence-electron chi connectivity index (χ2n) is 6.98. The van der Waals surface area contributed by atoms with Gasteiger partial charge in [-0.1, -0.05) is 32.6 Å². The average Bonchev–Trinajstić information content (AvgIpc) is 3.07. The second-order valence-corrected chi connectivity index (χ2v) is 9.09. The number of unbranched alkanes of at least 4 members (excludes halogenated alkanes) is 4. The zero-order valence-electron chi connectivity index (χ0n) is 15.7. The number of likely N-dealkylation sites (tertiary alicyclic amines) is 1. The van der Waals surface area contributed by atoms with Gasteiger partial charge in [-0.25, -0.2) is 9.88 Å². The molecule has 1 saturated heterocycles. The Bertz CT molecular complexity index is 503. The first kappa shape index (κ1) is 23.1. The molecule has 26 heavy (non-hydrogen) atoms. The monoisotopic (exact) mass is 391 g/mol. The summed E-state index contributed by atoms with van der Waals surface area (Å²) in [4.78, 5) is 35.8. The normalized spacial score (nSPS) is 20.7. The van der Waals surface area contributed by atoms with Crippen molar-refractivity contribution in [1.29, 1.82) is 0 Å². The maximum absolute atomic E-state index is 12.8. The van der Waals surface area contributed by atoms with Crippen LogP contribution in [0.3, 0.4) is 0 Å². The number of nitrogens with one attached hydrogen (secondary N) is 1. The number of nitrogens with zero attached hydrogens (tertiary/aromatic N) is 1. The molecule has 0 saturated carbocycles. The Hall–Kier alpha value is -0.950. The van der Waals surface area contributed by atoms with E-state index >= 15 is 0 Å². The zero-order valence-corrected chi connectivity index (χ0v) is 16.6. The lowest BCUT2D eigenvalue weighted by Crippen LogP contribution is -2.49. The van der Waals surface area contributed by atoms with E-state index in [0.717, 1.165) is 19.3 Å². The SMILES string of the molecule is CCCCCCP(=O)(O)N[C@@H](CCCCN)C(=O)N1CCC[C@H]1C(=O)O. The van der Waals surface area contributed by atoms with E-state index < -0.39 is 31.5 Å². The predicted molar refractivity (Wildman–Crippen MR) is 101 cm³/mol. The Kier molecular flexibility index (Phi) is 10.4. The van der Waals surface area contributed by atoms with Gasteiger partial charge in [-0.2, -0.15) is 0 Å². The van der Waals surface area contributed by atoms with Crippen molar-refractivity contribution in [2.24, 2.45) is 5.73 Å². The fourth-order valence-corrected chi connectivity index (χ4v) is 4.79. The van der Waals surface area contributed by atoms with E-state index in [2.05, 4.69) is 12.0 Å². The summed E-state index contributed by atoms with van der Waals surface area (Å²) in [7, 11) is -3.65. The van der Waals surface area contributed by atoms with E-state index in [0.29, 0.717) is 51.6 Å². The summed E-state index contributed by atoms with van der Waals surface area (Å²) in [5.41, 5.74) is 5.50. The maximum atomic E-state index is 12.8. The largest absolute Gasteiger partial charge is 0.480 e. The van der Waals surface area contributed by atoms with Crippen LogP contribution in [0.15, 0.2) is 0 Å². The summed E-state index contributed by atoms with van der Waals surface area (Å²) in [5.74, 6) is -1.42. The Morgan fingerprint density at radius 3 is 2.62 bits per heavy atom. The van der Waals surface area contributed by atoms with Gasteiger partial charge in [0, 0.05) is 12.7 Å². The molecule has 5 N–H and O–H groups in total. The molecule has 1 amide bonds. The van der Waals surface area contributed by atoms with E-state index in [1.807, 2.05) is 0 Å². The van der Waals surface area contributed by atoms with Crippen molar-refractivity contribution in [2.75, 3.05) is 19.3 Å². The number of hydrogen-bond acceptors (Lipinski definition) is 4. The Balaban J connectivity index is 2.75. The third kappa shape index (κ3) is 7.74. The summed E-state index contributed by atoms with van der Waals surface area (Å²) in [5, 5.41) is 11.9. The first-order valence-electron chi connectivity index (χ1n) is 9.65. The number of aliphatic carboxylic acids is 1. The minimum absolute atomic E-state index is 0.121. The molecule has 0 spiro atoms. The van der Waals surface area contributed by atoms with Crippen LogP contribution >= 0.6 is 7.52 Å². The van der Waals surface area contributed by atoms with Crippen LogP contribution in [-0.4, -0.2) is 58.1 Å². The molecule has 3 atom stereocenters. The van der Waals surface area contributed by atoms with Crippen LogP contribution in [0.25, 0.3) is 0 Å². The molecule has 1 aliphatic rings. The van der Waals surface area contributed by atoms with Crippen LogP contribution in [0.5, 0.6) is 0 Å². The molecule has 1 unspecified atom stereocenters. The van der Waals surface area contributed by atoms with Crippen molar-refractivity contribution < 1.29 is 24.2 Å². The number of nitrogens with two attached hydrogens (primary N) is 1. The molecule has 152 valence electrons. The molecular weight excluding hydrogens is 357 g/mol. The van der Waals surface area contributed by atoms with Crippen molar-refractivity contribution >= 4 is 19.4 Å². The predicted octanol–water partition coefficient (Wildman–Crippen LogP) is 1.91. The lowest BCUT2D eigenvalue weighted by Gasteiger charge is -2.28. The summed E-state index contributed by atoms with van der Waals surface area (Å²) >= 11 is 0. The van der Waals surface area contributed by atoms with E-state index in [1.54, 1.807) is 0 Å². The summed E-state index contributed by atoms with van der Waals surface area (Å²) < 4.78 is 12.5. The molecule has 9 heteroatoms. The van der Waals surface area contributed by atoms with Crippen molar-refractivity contribution in [3.63, 3.8) is 0 Å². The number of rotatable bonds is 13. The van der Waals surface area contributed by atoms with Gasteiger partial charge >= 0.3 is 5.97 Å². The van der Waals surface area contributed by atoms with Gasteiger partial charge in [-0.3, -0.25) is 9.36 Å². The quantitative estimate of drug-likeness (QED) is 0.278. The lowest BCUT2D eigenvalue weighted by molar-refractivity contribution is -0.148. The van der Waals surface area contributed by atoms with Crippen molar-refractivity contribution in [3.05, 3.63) is 0 Å². The Morgan fingerprint density at radius 2 is 2.00 bits per heavy atom. The number of carboxylic acids is 1. The van der Waals surface area contributed by atoms with Crippen LogP contribution in [0.4, 0.5) is 0 Å². The van der Waals surface area contributed by atoms with Gasteiger partial charge in [0.15, 0.2) is 0 Å².